The third-order valence-corrected chi connectivity index (χ3v) is 2.94. The van der Waals surface area contributed by atoms with Crippen molar-refractivity contribution in [1.29, 1.82) is 5.26 Å². The molecule has 0 saturated carbocycles. The minimum absolute atomic E-state index is 0.0626. The number of nitrogens with one attached hydrogen (secondary N) is 1. The van der Waals surface area contributed by atoms with E-state index in [4.69, 9.17) is 11.0 Å². The van der Waals surface area contributed by atoms with Crippen molar-refractivity contribution in [2.24, 2.45) is 0 Å². The van der Waals surface area contributed by atoms with Crippen molar-refractivity contribution in [1.82, 2.24) is 9.78 Å². The highest BCUT2D eigenvalue weighted by molar-refractivity contribution is 7.90. The van der Waals surface area contributed by atoms with Crippen LogP contribution in [0, 0.1) is 11.3 Å². The van der Waals surface area contributed by atoms with E-state index in [1.165, 1.54) is 4.68 Å². The van der Waals surface area contributed by atoms with Gasteiger partial charge in [-0.05, 0) is 0 Å². The molecule has 0 bridgehead atoms. The van der Waals surface area contributed by atoms with E-state index in [2.05, 4.69) is 10.4 Å². The Morgan fingerprint density at radius 2 is 2.25 bits per heavy atom. The van der Waals surface area contributed by atoms with Crippen molar-refractivity contribution in [2.45, 2.75) is 6.54 Å². The summed E-state index contributed by atoms with van der Waals surface area (Å²) in [5.41, 5.74) is 5.90. The molecule has 0 spiro atoms. The number of sulfone groups is 1. The van der Waals surface area contributed by atoms with E-state index in [9.17, 15) is 8.42 Å². The molecule has 1 aromatic heterocycles. The molecular weight excluding hydrogens is 230 g/mol. The van der Waals surface area contributed by atoms with E-state index >= 15 is 0 Å². The number of hydrogen-bond acceptors (Lipinski definition) is 6. The van der Waals surface area contributed by atoms with Crippen molar-refractivity contribution >= 4 is 21.5 Å². The number of hydrogen-bond donors (Lipinski definition) is 2. The molecule has 0 aromatic carbocycles. The van der Waals surface area contributed by atoms with Gasteiger partial charge in [-0.3, -0.25) is 0 Å². The van der Waals surface area contributed by atoms with E-state index in [-0.39, 0.29) is 23.7 Å². The van der Waals surface area contributed by atoms with Gasteiger partial charge < -0.3 is 11.1 Å². The van der Waals surface area contributed by atoms with Crippen LogP contribution in [0.1, 0.15) is 5.56 Å². The standard InChI is InChI=1S/C8H13N5O2S/c1-11-8-6(5-9)7(10)13(12-8)3-4-16(2,14)15/h3-4,10H2,1-2H3,(H,11,12). The summed E-state index contributed by atoms with van der Waals surface area (Å²) < 4.78 is 23.3. The van der Waals surface area contributed by atoms with E-state index < -0.39 is 9.84 Å². The van der Waals surface area contributed by atoms with Crippen LogP contribution in [0.25, 0.3) is 0 Å². The molecule has 0 aliphatic carbocycles. The minimum Gasteiger partial charge on any atom is -0.383 e. The maximum Gasteiger partial charge on any atom is 0.168 e. The second kappa shape index (κ2) is 4.40. The summed E-state index contributed by atoms with van der Waals surface area (Å²) in [6, 6.07) is 1.91. The predicted molar refractivity (Wildman–Crippen MR) is 60.6 cm³/mol. The molecule has 1 rings (SSSR count). The molecule has 0 fully saturated rings. The lowest BCUT2D eigenvalue weighted by Gasteiger charge is -2.01. The molecule has 7 nitrogen and oxygen atoms in total. The maximum atomic E-state index is 11.0. The number of rotatable bonds is 4. The Morgan fingerprint density at radius 3 is 2.62 bits per heavy atom. The predicted octanol–water partition coefficient (Wildman–Crippen LogP) is -0.577. The van der Waals surface area contributed by atoms with Crippen molar-refractivity contribution in [3.63, 3.8) is 0 Å². The molecule has 0 aliphatic rings. The van der Waals surface area contributed by atoms with Crippen LogP contribution >= 0.6 is 0 Å². The molecule has 0 atom stereocenters. The van der Waals surface area contributed by atoms with Crippen molar-refractivity contribution in [3.8, 4) is 6.07 Å². The summed E-state index contributed by atoms with van der Waals surface area (Å²) in [5.74, 6) is 0.469. The van der Waals surface area contributed by atoms with Crippen LogP contribution in [-0.2, 0) is 16.4 Å². The van der Waals surface area contributed by atoms with Gasteiger partial charge in [0.1, 0.15) is 27.3 Å². The number of aromatic nitrogens is 2. The first-order chi connectivity index (χ1) is 7.39. The highest BCUT2D eigenvalue weighted by Gasteiger charge is 2.15. The number of nitriles is 1. The van der Waals surface area contributed by atoms with E-state index in [1.54, 1.807) is 7.05 Å². The first-order valence-electron chi connectivity index (χ1n) is 4.51. The average molecular weight is 243 g/mol. The number of nitrogen functional groups attached to an aromatic ring is 1. The van der Waals surface area contributed by atoms with Gasteiger partial charge in [0.15, 0.2) is 5.82 Å². The quantitative estimate of drug-likeness (QED) is 0.731. The van der Waals surface area contributed by atoms with E-state index in [0.29, 0.717) is 5.82 Å². The van der Waals surface area contributed by atoms with Crippen molar-refractivity contribution in [3.05, 3.63) is 5.56 Å². The third-order valence-electron chi connectivity index (χ3n) is 2.01. The lowest BCUT2D eigenvalue weighted by molar-refractivity contribution is 0.588. The zero-order valence-corrected chi connectivity index (χ0v) is 9.87. The van der Waals surface area contributed by atoms with Gasteiger partial charge in [-0.2, -0.15) is 10.4 Å². The van der Waals surface area contributed by atoms with Gasteiger partial charge in [0.25, 0.3) is 0 Å². The normalized spacial score (nSPS) is 11.1. The van der Waals surface area contributed by atoms with Crippen LogP contribution < -0.4 is 11.1 Å². The monoisotopic (exact) mass is 243 g/mol. The molecule has 16 heavy (non-hydrogen) atoms. The molecule has 1 heterocycles. The maximum absolute atomic E-state index is 11.0. The van der Waals surface area contributed by atoms with Crippen molar-refractivity contribution < 1.29 is 8.42 Å². The number of aryl methyl sites for hydroxylation is 1. The molecule has 88 valence electrons. The Labute approximate surface area is 93.8 Å². The zero-order valence-electron chi connectivity index (χ0n) is 9.06. The highest BCUT2D eigenvalue weighted by Crippen LogP contribution is 2.19. The van der Waals surface area contributed by atoms with Crippen molar-refractivity contribution in [2.75, 3.05) is 30.1 Å². The molecule has 0 unspecified atom stereocenters. The van der Waals surface area contributed by atoms with Gasteiger partial charge in [0.2, 0.25) is 0 Å². The number of nitrogens with two attached hydrogens (primary N) is 1. The molecule has 0 saturated heterocycles. The molecule has 0 amide bonds. The molecule has 0 aliphatic heterocycles. The van der Waals surface area contributed by atoms with Crippen LogP contribution in [0.2, 0.25) is 0 Å². The summed E-state index contributed by atoms with van der Waals surface area (Å²) >= 11 is 0. The summed E-state index contributed by atoms with van der Waals surface area (Å²) in [4.78, 5) is 0. The van der Waals surface area contributed by atoms with Gasteiger partial charge in [-0.25, -0.2) is 13.1 Å². The fourth-order valence-corrected chi connectivity index (χ4v) is 1.69. The average Bonchev–Trinajstić information content (AvgIpc) is 2.50. The molecular formula is C8H13N5O2S. The topological polar surface area (TPSA) is 114 Å². The fraction of sp³-hybridized carbons (Fsp3) is 0.500. The Morgan fingerprint density at radius 1 is 1.62 bits per heavy atom. The van der Waals surface area contributed by atoms with E-state index in [0.717, 1.165) is 6.26 Å². The summed E-state index contributed by atoms with van der Waals surface area (Å²) in [7, 11) is -1.46. The van der Waals surface area contributed by atoms with Crippen LogP contribution in [0.4, 0.5) is 11.6 Å². The Kier molecular flexibility index (Phi) is 3.39. The van der Waals surface area contributed by atoms with Gasteiger partial charge >= 0.3 is 0 Å². The van der Waals surface area contributed by atoms with Crippen LogP contribution in [-0.4, -0.2) is 37.3 Å². The Balaban J connectivity index is 2.99. The summed E-state index contributed by atoms with van der Waals surface area (Å²) in [5, 5.41) is 15.5. The highest BCUT2D eigenvalue weighted by atomic mass is 32.2. The van der Waals surface area contributed by atoms with Gasteiger partial charge in [-0.15, -0.1) is 0 Å². The molecule has 0 radical (unpaired) electrons. The first-order valence-corrected chi connectivity index (χ1v) is 6.57. The second-order valence-corrected chi connectivity index (χ2v) is 5.58. The second-order valence-electron chi connectivity index (χ2n) is 3.32. The number of anilines is 2. The minimum atomic E-state index is -3.08. The van der Waals surface area contributed by atoms with Gasteiger partial charge in [-0.1, -0.05) is 0 Å². The zero-order chi connectivity index (χ0) is 12.3. The van der Waals surface area contributed by atoms with Gasteiger partial charge in [0, 0.05) is 13.3 Å². The van der Waals surface area contributed by atoms with Gasteiger partial charge in [0.05, 0.1) is 12.3 Å². The molecule has 3 N–H and O–H groups in total. The van der Waals surface area contributed by atoms with Crippen LogP contribution in [0.15, 0.2) is 0 Å². The fourth-order valence-electron chi connectivity index (χ4n) is 1.18. The lowest BCUT2D eigenvalue weighted by atomic mass is 10.3. The summed E-state index contributed by atoms with van der Waals surface area (Å²) in [6.45, 7) is 0.140. The lowest BCUT2D eigenvalue weighted by Crippen LogP contribution is -2.14. The Bertz CT molecular complexity index is 525. The smallest absolute Gasteiger partial charge is 0.168 e. The third kappa shape index (κ3) is 2.64. The Hall–Kier alpha value is -1.75. The van der Waals surface area contributed by atoms with Crippen LogP contribution in [0.3, 0.4) is 0 Å². The first kappa shape index (κ1) is 12.3. The largest absolute Gasteiger partial charge is 0.383 e. The molecule has 8 heteroatoms. The SMILES string of the molecule is CNc1nn(CCS(C)(=O)=O)c(N)c1C#N. The van der Waals surface area contributed by atoms with Crippen LogP contribution in [0.5, 0.6) is 0 Å². The number of nitrogens with zero attached hydrogens (tertiary/aromatic N) is 3. The molecule has 1 aromatic rings. The summed E-state index contributed by atoms with van der Waals surface area (Å²) in [6.07, 6.45) is 1.14. The van der Waals surface area contributed by atoms with E-state index in [1.807, 2.05) is 6.07 Å².